The first-order valence-electron chi connectivity index (χ1n) is 11.1. The number of fused-ring (bicyclic) bond motifs is 1. The number of piperidine rings is 1. The fraction of sp³-hybridized carbons (Fsp3) is 0.522. The van der Waals surface area contributed by atoms with Gasteiger partial charge in [-0.1, -0.05) is 44.2 Å². The summed E-state index contributed by atoms with van der Waals surface area (Å²) in [6.07, 6.45) is 6.60. The molecule has 0 bridgehead atoms. The Labute approximate surface area is 177 Å². The molecule has 1 unspecified atom stereocenters. The molecule has 2 fully saturated rings. The van der Waals surface area contributed by atoms with Crippen molar-refractivity contribution in [3.63, 3.8) is 0 Å². The van der Waals surface area contributed by atoms with Crippen molar-refractivity contribution in [1.29, 1.82) is 0 Å². The Morgan fingerprint density at radius 1 is 1.13 bits per heavy atom. The third kappa shape index (κ3) is 3.99. The molecular weight excluding hydrogens is 376 g/mol. The van der Waals surface area contributed by atoms with Gasteiger partial charge in [0.1, 0.15) is 6.10 Å². The van der Waals surface area contributed by atoms with E-state index in [0.29, 0.717) is 23.8 Å². The van der Waals surface area contributed by atoms with Gasteiger partial charge in [0, 0.05) is 12.1 Å². The van der Waals surface area contributed by atoms with Gasteiger partial charge in [-0.05, 0) is 49.6 Å². The predicted octanol–water partition coefficient (Wildman–Crippen LogP) is 3.94. The zero-order chi connectivity index (χ0) is 20.5. The first-order chi connectivity index (χ1) is 14.7. The number of nitrogens with one attached hydrogen (secondary N) is 2. The number of anilines is 1. The van der Waals surface area contributed by atoms with Gasteiger partial charge in [-0.25, -0.2) is 0 Å². The number of benzene rings is 1. The zero-order valence-corrected chi connectivity index (χ0v) is 17.7. The van der Waals surface area contributed by atoms with Crippen molar-refractivity contribution in [2.45, 2.75) is 57.6 Å². The Morgan fingerprint density at radius 3 is 2.67 bits per heavy atom. The van der Waals surface area contributed by atoms with Crippen molar-refractivity contribution < 1.29 is 4.74 Å². The van der Waals surface area contributed by atoms with E-state index in [4.69, 9.17) is 14.7 Å². The van der Waals surface area contributed by atoms with Gasteiger partial charge in [-0.15, -0.1) is 0 Å². The maximum Gasteiger partial charge on any atom is 0.322 e. The minimum atomic E-state index is 0.104. The summed E-state index contributed by atoms with van der Waals surface area (Å²) < 4.78 is 8.04. The molecule has 7 heteroatoms. The summed E-state index contributed by atoms with van der Waals surface area (Å²) in [5, 5.41) is 11.7. The van der Waals surface area contributed by atoms with Crippen molar-refractivity contribution in [1.82, 2.24) is 24.9 Å². The molecule has 158 valence electrons. The van der Waals surface area contributed by atoms with Crippen LogP contribution in [0, 0.1) is 5.92 Å². The van der Waals surface area contributed by atoms with Crippen LogP contribution in [-0.2, 0) is 0 Å². The highest BCUT2D eigenvalue weighted by atomic mass is 16.5. The van der Waals surface area contributed by atoms with E-state index < -0.39 is 0 Å². The van der Waals surface area contributed by atoms with Crippen molar-refractivity contribution in [2.75, 3.05) is 18.4 Å². The van der Waals surface area contributed by atoms with Crippen LogP contribution < -0.4 is 15.4 Å². The van der Waals surface area contributed by atoms with E-state index in [-0.39, 0.29) is 12.1 Å². The highest BCUT2D eigenvalue weighted by molar-refractivity contribution is 5.53. The molecular formula is C23H30N6O. The third-order valence-corrected chi connectivity index (χ3v) is 6.06. The highest BCUT2D eigenvalue weighted by Gasteiger charge is 2.33. The number of ether oxygens (including phenoxy) is 1. The minimum Gasteiger partial charge on any atom is -0.459 e. The molecule has 0 amide bonds. The molecule has 0 radical (unpaired) electrons. The molecule has 7 nitrogen and oxygen atoms in total. The summed E-state index contributed by atoms with van der Waals surface area (Å²) >= 11 is 0. The van der Waals surface area contributed by atoms with Crippen LogP contribution in [0.1, 0.15) is 62.6 Å². The molecule has 0 spiro atoms. The van der Waals surface area contributed by atoms with Crippen LogP contribution in [0.2, 0.25) is 0 Å². The molecule has 1 aromatic carbocycles. The van der Waals surface area contributed by atoms with Crippen LogP contribution in [0.5, 0.6) is 6.01 Å². The topological polar surface area (TPSA) is 76.4 Å². The average Bonchev–Trinajstić information content (AvgIpc) is 3.51. The van der Waals surface area contributed by atoms with E-state index in [0.717, 1.165) is 37.1 Å². The van der Waals surface area contributed by atoms with Crippen molar-refractivity contribution >= 4 is 11.6 Å². The summed E-state index contributed by atoms with van der Waals surface area (Å²) in [7, 11) is 0. The van der Waals surface area contributed by atoms with Crippen LogP contribution in [0.4, 0.5) is 5.95 Å². The number of nitrogens with zero attached hydrogens (tertiary/aromatic N) is 4. The lowest BCUT2D eigenvalue weighted by Crippen LogP contribution is -2.37. The SMILES string of the molecule is CC(C)c1cnn2c(N[C@H](c3ccccc3)C3CC3)nc(OC3CCCNC3)nc12. The summed E-state index contributed by atoms with van der Waals surface area (Å²) in [5.74, 6) is 1.64. The normalized spacial score (nSPS) is 20.4. The zero-order valence-electron chi connectivity index (χ0n) is 17.7. The van der Waals surface area contributed by atoms with Gasteiger partial charge in [0.15, 0.2) is 5.65 Å². The molecule has 2 atom stereocenters. The standard InChI is InChI=1S/C23H30N6O/c1-15(2)19-14-25-29-21(19)27-23(30-18-9-6-12-24-13-18)28-22(29)26-20(17-10-11-17)16-7-4-3-5-8-16/h3-5,7-8,14-15,17-18,20,24H,6,9-13H2,1-2H3,(H,26,27,28)/t18?,20-/m1/s1. The van der Waals surface area contributed by atoms with Crippen LogP contribution >= 0.6 is 0 Å². The smallest absolute Gasteiger partial charge is 0.322 e. The molecule has 2 aliphatic rings. The molecule has 2 aromatic heterocycles. The quantitative estimate of drug-likeness (QED) is 0.619. The van der Waals surface area contributed by atoms with Crippen molar-refractivity contribution in [3.05, 3.63) is 47.7 Å². The fourth-order valence-electron chi connectivity index (χ4n) is 4.20. The van der Waals surface area contributed by atoms with Gasteiger partial charge in [0.05, 0.1) is 12.2 Å². The molecule has 1 saturated heterocycles. The van der Waals surface area contributed by atoms with Gasteiger partial charge in [-0.3, -0.25) is 0 Å². The Balaban J connectivity index is 1.52. The second-order valence-corrected chi connectivity index (χ2v) is 8.78. The van der Waals surface area contributed by atoms with E-state index >= 15 is 0 Å². The summed E-state index contributed by atoms with van der Waals surface area (Å²) in [6.45, 7) is 6.21. The van der Waals surface area contributed by atoms with Crippen LogP contribution in [0.3, 0.4) is 0 Å². The number of hydrogen-bond acceptors (Lipinski definition) is 6. The van der Waals surface area contributed by atoms with E-state index in [1.165, 1.54) is 18.4 Å². The molecule has 2 N–H and O–H groups in total. The molecule has 1 aliphatic heterocycles. The molecule has 1 aliphatic carbocycles. The van der Waals surface area contributed by atoms with E-state index in [2.05, 4.69) is 59.9 Å². The van der Waals surface area contributed by atoms with E-state index in [9.17, 15) is 0 Å². The second kappa shape index (κ2) is 8.22. The molecule has 3 heterocycles. The maximum atomic E-state index is 6.21. The molecule has 1 saturated carbocycles. The van der Waals surface area contributed by atoms with Crippen molar-refractivity contribution in [3.8, 4) is 6.01 Å². The van der Waals surface area contributed by atoms with Gasteiger partial charge in [0.25, 0.3) is 0 Å². The largest absolute Gasteiger partial charge is 0.459 e. The Hall–Kier alpha value is -2.67. The van der Waals surface area contributed by atoms with E-state index in [1.54, 1.807) is 0 Å². The molecule has 5 rings (SSSR count). The lowest BCUT2D eigenvalue weighted by molar-refractivity contribution is 0.153. The third-order valence-electron chi connectivity index (χ3n) is 6.06. The fourth-order valence-corrected chi connectivity index (χ4v) is 4.20. The van der Waals surface area contributed by atoms with Gasteiger partial charge in [0.2, 0.25) is 5.95 Å². The summed E-state index contributed by atoms with van der Waals surface area (Å²) in [4.78, 5) is 9.52. The first kappa shape index (κ1) is 19.3. The van der Waals surface area contributed by atoms with E-state index in [1.807, 2.05) is 10.7 Å². The van der Waals surface area contributed by atoms with Gasteiger partial charge < -0.3 is 15.4 Å². The van der Waals surface area contributed by atoms with Gasteiger partial charge >= 0.3 is 6.01 Å². The number of hydrogen-bond donors (Lipinski definition) is 2. The Bertz CT molecular complexity index is 992. The predicted molar refractivity (Wildman–Crippen MR) is 117 cm³/mol. The number of rotatable bonds is 7. The summed E-state index contributed by atoms with van der Waals surface area (Å²) in [6, 6.07) is 11.3. The average molecular weight is 407 g/mol. The lowest BCUT2D eigenvalue weighted by atomic mass is 10.0. The second-order valence-electron chi connectivity index (χ2n) is 8.78. The monoisotopic (exact) mass is 406 g/mol. The summed E-state index contributed by atoms with van der Waals surface area (Å²) in [5.41, 5.74) is 3.21. The lowest BCUT2D eigenvalue weighted by Gasteiger charge is -2.24. The van der Waals surface area contributed by atoms with Crippen LogP contribution in [-0.4, -0.2) is 38.8 Å². The van der Waals surface area contributed by atoms with Crippen LogP contribution in [0.15, 0.2) is 36.5 Å². The van der Waals surface area contributed by atoms with Gasteiger partial charge in [-0.2, -0.15) is 19.6 Å². The Morgan fingerprint density at radius 2 is 1.97 bits per heavy atom. The first-order valence-corrected chi connectivity index (χ1v) is 11.1. The number of aromatic nitrogens is 4. The van der Waals surface area contributed by atoms with Crippen LogP contribution in [0.25, 0.3) is 5.65 Å². The highest BCUT2D eigenvalue weighted by Crippen LogP contribution is 2.42. The molecule has 3 aromatic rings. The maximum absolute atomic E-state index is 6.21. The minimum absolute atomic E-state index is 0.104. The Kier molecular flexibility index (Phi) is 5.29. The molecule has 30 heavy (non-hydrogen) atoms. The van der Waals surface area contributed by atoms with Crippen molar-refractivity contribution in [2.24, 2.45) is 5.92 Å².